The second-order valence-electron chi connectivity index (χ2n) is 6.67. The Balaban J connectivity index is 1.23. The third-order valence-electron chi connectivity index (χ3n) is 4.73. The average Bonchev–Trinajstić information content (AvgIpc) is 3.43. The predicted molar refractivity (Wildman–Crippen MR) is 111 cm³/mol. The first kappa shape index (κ1) is 18.6. The van der Waals surface area contributed by atoms with Crippen LogP contribution in [0.4, 0.5) is 0 Å². The van der Waals surface area contributed by atoms with Gasteiger partial charge in [-0.3, -0.25) is 4.79 Å². The molecule has 0 fully saturated rings. The Morgan fingerprint density at radius 3 is 2.52 bits per heavy atom. The van der Waals surface area contributed by atoms with Crippen molar-refractivity contribution in [2.45, 2.75) is 6.42 Å². The number of aromatic nitrogens is 2. The van der Waals surface area contributed by atoms with Crippen molar-refractivity contribution in [3.05, 3.63) is 90.4 Å². The molecule has 29 heavy (non-hydrogen) atoms. The maximum atomic E-state index is 12.1. The zero-order valence-electron chi connectivity index (χ0n) is 15.8. The Morgan fingerprint density at radius 2 is 1.72 bits per heavy atom. The molecule has 0 saturated carbocycles. The predicted octanol–water partition coefficient (Wildman–Crippen LogP) is 3.47. The quantitative estimate of drug-likeness (QED) is 0.477. The van der Waals surface area contributed by atoms with Crippen molar-refractivity contribution >= 4 is 22.8 Å². The number of nitrogens with zero attached hydrogens (tertiary/aromatic N) is 1. The van der Waals surface area contributed by atoms with Crippen LogP contribution in [0.2, 0.25) is 0 Å². The van der Waals surface area contributed by atoms with Crippen LogP contribution in [0, 0.1) is 0 Å². The van der Waals surface area contributed by atoms with E-state index in [1.54, 1.807) is 12.1 Å². The molecule has 0 radical (unpaired) electrons. The van der Waals surface area contributed by atoms with Gasteiger partial charge < -0.3 is 19.6 Å². The third kappa shape index (κ3) is 4.38. The van der Waals surface area contributed by atoms with Crippen molar-refractivity contribution in [3.63, 3.8) is 0 Å². The van der Waals surface area contributed by atoms with E-state index < -0.39 is 5.97 Å². The third-order valence-corrected chi connectivity index (χ3v) is 4.73. The zero-order chi connectivity index (χ0) is 20.1. The number of ether oxygens (including phenoxy) is 1. The Hall–Kier alpha value is -3.80. The molecule has 2 heterocycles. The molecule has 6 heteroatoms. The smallest absolute Gasteiger partial charge is 0.338 e. The normalized spacial score (nSPS) is 10.8. The van der Waals surface area contributed by atoms with Gasteiger partial charge in [-0.05, 0) is 54.4 Å². The van der Waals surface area contributed by atoms with E-state index >= 15 is 0 Å². The minimum Gasteiger partial charge on any atom is -0.452 e. The minimum atomic E-state index is -0.518. The van der Waals surface area contributed by atoms with Gasteiger partial charge in [-0.25, -0.2) is 4.79 Å². The van der Waals surface area contributed by atoms with Crippen LogP contribution in [-0.4, -0.2) is 34.6 Å². The molecule has 0 aliphatic heterocycles. The van der Waals surface area contributed by atoms with E-state index in [9.17, 15) is 9.59 Å². The van der Waals surface area contributed by atoms with Gasteiger partial charge in [0.05, 0.1) is 5.56 Å². The number of carbonyl (C=O) groups is 2. The molecule has 2 N–H and O–H groups in total. The molecule has 1 amide bonds. The summed E-state index contributed by atoms with van der Waals surface area (Å²) >= 11 is 0. The van der Waals surface area contributed by atoms with E-state index in [4.69, 9.17) is 4.74 Å². The topological polar surface area (TPSA) is 76.1 Å². The number of rotatable bonds is 7. The van der Waals surface area contributed by atoms with Gasteiger partial charge in [0.2, 0.25) is 0 Å². The lowest BCUT2D eigenvalue weighted by atomic mass is 10.1. The summed E-state index contributed by atoms with van der Waals surface area (Å²) in [5.41, 5.74) is 3.57. The van der Waals surface area contributed by atoms with Crippen LogP contribution in [0.25, 0.3) is 16.6 Å². The van der Waals surface area contributed by atoms with E-state index in [1.165, 1.54) is 0 Å². The molecule has 6 nitrogen and oxygen atoms in total. The summed E-state index contributed by atoms with van der Waals surface area (Å²) in [6.45, 7) is 0.176. The van der Waals surface area contributed by atoms with Crippen molar-refractivity contribution in [2.75, 3.05) is 13.2 Å². The standard InChI is InChI=1S/C23H21N3O3/c27-22(24-12-11-18-15-25-21-6-2-1-5-20(18)21)16-29-23(28)17-7-9-19(10-8-17)26-13-3-4-14-26/h1-10,13-15,25H,11-12,16H2,(H,24,27). The first-order valence-corrected chi connectivity index (χ1v) is 9.43. The number of para-hydroxylation sites is 1. The molecule has 0 atom stereocenters. The van der Waals surface area contributed by atoms with Crippen molar-refractivity contribution < 1.29 is 14.3 Å². The molecule has 4 rings (SSSR count). The number of aromatic amines is 1. The van der Waals surface area contributed by atoms with Gasteiger partial charge >= 0.3 is 5.97 Å². The van der Waals surface area contributed by atoms with E-state index in [0.717, 1.165) is 22.2 Å². The second-order valence-corrected chi connectivity index (χ2v) is 6.67. The number of hydrogen-bond acceptors (Lipinski definition) is 3. The summed E-state index contributed by atoms with van der Waals surface area (Å²) in [6.07, 6.45) is 6.50. The lowest BCUT2D eigenvalue weighted by Gasteiger charge is -2.07. The Bertz CT molecular complexity index is 1110. The van der Waals surface area contributed by atoms with Crippen LogP contribution in [0.1, 0.15) is 15.9 Å². The molecular weight excluding hydrogens is 366 g/mol. The van der Waals surface area contributed by atoms with Crippen LogP contribution >= 0.6 is 0 Å². The summed E-state index contributed by atoms with van der Waals surface area (Å²) < 4.78 is 7.06. The number of hydrogen-bond donors (Lipinski definition) is 2. The van der Waals surface area contributed by atoms with Crippen LogP contribution in [0.3, 0.4) is 0 Å². The van der Waals surface area contributed by atoms with E-state index in [2.05, 4.69) is 10.3 Å². The molecule has 0 aliphatic carbocycles. The maximum absolute atomic E-state index is 12.1. The van der Waals surface area contributed by atoms with Gasteiger partial charge in [0.25, 0.3) is 5.91 Å². The highest BCUT2D eigenvalue weighted by Gasteiger charge is 2.11. The number of benzene rings is 2. The number of carbonyl (C=O) groups excluding carboxylic acids is 2. The molecule has 0 bridgehead atoms. The fourth-order valence-electron chi connectivity index (χ4n) is 3.22. The molecule has 146 valence electrons. The highest BCUT2D eigenvalue weighted by atomic mass is 16.5. The molecule has 0 aliphatic rings. The Kier molecular flexibility index (Phi) is 5.42. The van der Waals surface area contributed by atoms with Crippen molar-refractivity contribution in [1.29, 1.82) is 0 Å². The average molecular weight is 387 g/mol. The second kappa shape index (κ2) is 8.48. The van der Waals surface area contributed by atoms with Crippen molar-refractivity contribution in [2.24, 2.45) is 0 Å². The fraction of sp³-hybridized carbons (Fsp3) is 0.130. The number of H-pyrrole nitrogens is 1. The molecule has 0 spiro atoms. The first-order valence-electron chi connectivity index (χ1n) is 9.43. The molecule has 2 aromatic carbocycles. The fourth-order valence-corrected chi connectivity index (χ4v) is 3.22. The molecule has 0 unspecified atom stereocenters. The lowest BCUT2D eigenvalue weighted by molar-refractivity contribution is -0.124. The van der Waals surface area contributed by atoms with Gasteiger partial charge in [-0.2, -0.15) is 0 Å². The molecule has 0 saturated heterocycles. The van der Waals surface area contributed by atoms with Crippen LogP contribution in [-0.2, 0) is 16.0 Å². The van der Waals surface area contributed by atoms with Gasteiger partial charge in [-0.1, -0.05) is 18.2 Å². The van der Waals surface area contributed by atoms with Crippen molar-refractivity contribution in [3.8, 4) is 5.69 Å². The highest BCUT2D eigenvalue weighted by Crippen LogP contribution is 2.17. The summed E-state index contributed by atoms with van der Waals surface area (Å²) in [7, 11) is 0. The van der Waals surface area contributed by atoms with Crippen LogP contribution in [0.15, 0.2) is 79.3 Å². The maximum Gasteiger partial charge on any atom is 0.338 e. The largest absolute Gasteiger partial charge is 0.452 e. The lowest BCUT2D eigenvalue weighted by Crippen LogP contribution is -2.30. The number of amides is 1. The number of nitrogens with one attached hydrogen (secondary N) is 2. The Labute approximate surface area is 168 Å². The SMILES string of the molecule is O=C(COC(=O)c1ccc(-n2cccc2)cc1)NCCc1c[nH]c2ccccc12. The molecule has 2 aromatic heterocycles. The van der Waals surface area contributed by atoms with Crippen LogP contribution < -0.4 is 5.32 Å². The molecule has 4 aromatic rings. The number of fused-ring (bicyclic) bond motifs is 1. The highest BCUT2D eigenvalue weighted by molar-refractivity contribution is 5.91. The summed E-state index contributed by atoms with van der Waals surface area (Å²) in [4.78, 5) is 27.3. The monoisotopic (exact) mass is 387 g/mol. The van der Waals surface area contributed by atoms with E-state index in [-0.39, 0.29) is 12.5 Å². The summed E-state index contributed by atoms with van der Waals surface area (Å²) in [6, 6.07) is 18.9. The van der Waals surface area contributed by atoms with Gasteiger partial charge in [-0.15, -0.1) is 0 Å². The van der Waals surface area contributed by atoms with Crippen LogP contribution in [0.5, 0.6) is 0 Å². The first-order chi connectivity index (χ1) is 14.2. The van der Waals surface area contributed by atoms with Crippen molar-refractivity contribution in [1.82, 2.24) is 14.9 Å². The Morgan fingerprint density at radius 1 is 0.966 bits per heavy atom. The van der Waals surface area contributed by atoms with Gasteiger partial charge in [0, 0.05) is 41.7 Å². The summed E-state index contributed by atoms with van der Waals surface area (Å²) in [5, 5.41) is 3.94. The molecular formula is C23H21N3O3. The zero-order valence-corrected chi connectivity index (χ0v) is 15.8. The summed E-state index contributed by atoms with van der Waals surface area (Å²) in [5.74, 6) is -0.835. The van der Waals surface area contributed by atoms with E-state index in [1.807, 2.05) is 71.7 Å². The van der Waals surface area contributed by atoms with E-state index in [0.29, 0.717) is 18.5 Å². The van der Waals surface area contributed by atoms with Gasteiger partial charge in [0.1, 0.15) is 0 Å². The number of esters is 1. The minimum absolute atomic E-state index is 0.300. The van der Waals surface area contributed by atoms with Gasteiger partial charge in [0.15, 0.2) is 6.61 Å².